The van der Waals surface area contributed by atoms with E-state index in [1.807, 2.05) is 25.1 Å². The average Bonchev–Trinajstić information content (AvgIpc) is 2.87. The zero-order chi connectivity index (χ0) is 12.3. The zero-order valence-electron chi connectivity index (χ0n) is 10.2. The van der Waals surface area contributed by atoms with Gasteiger partial charge in [0.05, 0.1) is 0 Å². The Morgan fingerprint density at radius 3 is 2.71 bits per heavy atom. The van der Waals surface area contributed by atoms with Crippen molar-refractivity contribution in [2.45, 2.75) is 26.7 Å². The second-order valence-electron chi connectivity index (χ2n) is 3.99. The van der Waals surface area contributed by atoms with Gasteiger partial charge >= 0.3 is 0 Å². The van der Waals surface area contributed by atoms with Gasteiger partial charge in [-0.25, -0.2) is 0 Å². The first-order chi connectivity index (χ1) is 8.24. The summed E-state index contributed by atoms with van der Waals surface area (Å²) in [4.78, 5) is 11.5. The van der Waals surface area contributed by atoms with Gasteiger partial charge in [-0.15, -0.1) is 0 Å². The Morgan fingerprint density at radius 1 is 1.18 bits per heavy atom. The van der Waals surface area contributed by atoms with Gasteiger partial charge in [0.1, 0.15) is 5.76 Å². The number of ketones is 1. The third-order valence-electron chi connectivity index (χ3n) is 2.82. The summed E-state index contributed by atoms with van der Waals surface area (Å²) in [5, 5.41) is 0. The summed E-state index contributed by atoms with van der Waals surface area (Å²) in [6, 6.07) is 11.8. The van der Waals surface area contributed by atoms with Crippen molar-refractivity contribution in [2.24, 2.45) is 0 Å². The summed E-state index contributed by atoms with van der Waals surface area (Å²) in [5.74, 6) is 1.25. The monoisotopic (exact) mass is 228 g/mol. The summed E-state index contributed by atoms with van der Waals surface area (Å²) in [6.45, 7) is 3.95. The lowest BCUT2D eigenvalue weighted by Crippen LogP contribution is -1.92. The molecule has 17 heavy (non-hydrogen) atoms. The predicted octanol–water partition coefficient (Wildman–Crippen LogP) is 4.10. The molecular weight excluding hydrogens is 212 g/mol. The molecule has 88 valence electrons. The van der Waals surface area contributed by atoms with Gasteiger partial charge in [-0.2, -0.15) is 0 Å². The van der Waals surface area contributed by atoms with E-state index in [0.717, 1.165) is 17.7 Å². The van der Waals surface area contributed by atoms with Gasteiger partial charge in [0.15, 0.2) is 11.5 Å². The molecule has 0 unspecified atom stereocenters. The molecule has 0 amide bonds. The molecule has 0 saturated heterocycles. The van der Waals surface area contributed by atoms with E-state index in [0.29, 0.717) is 12.2 Å². The summed E-state index contributed by atoms with van der Waals surface area (Å²) in [5.41, 5.74) is 2.29. The van der Waals surface area contributed by atoms with Gasteiger partial charge in [-0.05, 0) is 30.2 Å². The molecular formula is C15H16O2. The van der Waals surface area contributed by atoms with Crippen molar-refractivity contribution in [1.29, 1.82) is 0 Å². The maximum Gasteiger partial charge on any atom is 0.197 e. The van der Waals surface area contributed by atoms with Crippen LogP contribution in [0.5, 0.6) is 0 Å². The second-order valence-corrected chi connectivity index (χ2v) is 3.99. The summed E-state index contributed by atoms with van der Waals surface area (Å²) in [7, 11) is 0. The highest BCUT2D eigenvalue weighted by molar-refractivity contribution is 5.93. The van der Waals surface area contributed by atoms with E-state index in [4.69, 9.17) is 4.42 Å². The van der Waals surface area contributed by atoms with Crippen LogP contribution < -0.4 is 0 Å². The quantitative estimate of drug-likeness (QED) is 0.737. The Kier molecular flexibility index (Phi) is 3.43. The van der Waals surface area contributed by atoms with Gasteiger partial charge < -0.3 is 4.42 Å². The summed E-state index contributed by atoms with van der Waals surface area (Å²) in [6.07, 6.45) is 1.47. The minimum absolute atomic E-state index is 0.0443. The summed E-state index contributed by atoms with van der Waals surface area (Å²) >= 11 is 0. The van der Waals surface area contributed by atoms with Crippen LogP contribution in [-0.2, 0) is 6.42 Å². The molecule has 0 aliphatic heterocycles. The smallest absolute Gasteiger partial charge is 0.197 e. The maximum atomic E-state index is 11.5. The largest absolute Gasteiger partial charge is 0.453 e. The van der Waals surface area contributed by atoms with Crippen molar-refractivity contribution in [3.8, 4) is 11.3 Å². The SMILES string of the molecule is CCC(=O)c1ccc(-c2cccc(CC)c2)o1. The van der Waals surface area contributed by atoms with Gasteiger partial charge in [-0.1, -0.05) is 32.0 Å². The number of aryl methyl sites for hydroxylation is 1. The van der Waals surface area contributed by atoms with E-state index in [2.05, 4.69) is 19.1 Å². The third kappa shape index (κ3) is 2.47. The highest BCUT2D eigenvalue weighted by Gasteiger charge is 2.10. The van der Waals surface area contributed by atoms with Crippen molar-refractivity contribution in [3.05, 3.63) is 47.7 Å². The Balaban J connectivity index is 2.33. The number of furan rings is 1. The first-order valence-electron chi connectivity index (χ1n) is 5.97. The predicted molar refractivity (Wildman–Crippen MR) is 68.1 cm³/mol. The van der Waals surface area contributed by atoms with E-state index in [1.54, 1.807) is 6.07 Å². The Labute approximate surface area is 101 Å². The molecule has 2 rings (SSSR count). The molecule has 1 heterocycles. The van der Waals surface area contributed by atoms with Crippen LogP contribution in [0.1, 0.15) is 36.4 Å². The van der Waals surface area contributed by atoms with Crippen LogP contribution in [0.2, 0.25) is 0 Å². The molecule has 1 aromatic heterocycles. The molecule has 2 heteroatoms. The van der Waals surface area contributed by atoms with Crippen LogP contribution in [0.3, 0.4) is 0 Å². The average molecular weight is 228 g/mol. The Hall–Kier alpha value is -1.83. The van der Waals surface area contributed by atoms with Gasteiger partial charge in [0.25, 0.3) is 0 Å². The molecule has 0 N–H and O–H groups in total. The number of rotatable bonds is 4. The fourth-order valence-electron chi connectivity index (χ4n) is 1.76. The van der Waals surface area contributed by atoms with Gasteiger partial charge in [-0.3, -0.25) is 4.79 Å². The molecule has 0 atom stereocenters. The van der Waals surface area contributed by atoms with Crippen LogP contribution in [0.15, 0.2) is 40.8 Å². The van der Waals surface area contributed by atoms with Crippen molar-refractivity contribution < 1.29 is 9.21 Å². The second kappa shape index (κ2) is 5.00. The number of Topliss-reactive ketones (excluding diaryl/α,β-unsaturated/α-hetero) is 1. The third-order valence-corrected chi connectivity index (χ3v) is 2.82. The molecule has 0 radical (unpaired) electrons. The van der Waals surface area contributed by atoms with Crippen LogP contribution in [0, 0.1) is 0 Å². The molecule has 2 aromatic rings. The zero-order valence-corrected chi connectivity index (χ0v) is 10.2. The first-order valence-corrected chi connectivity index (χ1v) is 5.97. The Morgan fingerprint density at radius 2 is 2.00 bits per heavy atom. The van der Waals surface area contributed by atoms with E-state index >= 15 is 0 Å². The minimum atomic E-state index is 0.0443. The number of hydrogen-bond acceptors (Lipinski definition) is 2. The van der Waals surface area contributed by atoms with Crippen molar-refractivity contribution in [1.82, 2.24) is 0 Å². The molecule has 0 spiro atoms. The molecule has 0 aliphatic rings. The first kappa shape index (κ1) is 11.6. The summed E-state index contributed by atoms with van der Waals surface area (Å²) < 4.78 is 5.57. The standard InChI is InChI=1S/C15H16O2/c1-3-11-6-5-7-12(10-11)14-8-9-15(17-14)13(16)4-2/h5-10H,3-4H2,1-2H3. The topological polar surface area (TPSA) is 30.2 Å². The minimum Gasteiger partial charge on any atom is -0.453 e. The lowest BCUT2D eigenvalue weighted by atomic mass is 10.1. The number of benzene rings is 1. The molecule has 0 saturated carbocycles. The van der Waals surface area contributed by atoms with Gasteiger partial charge in [0.2, 0.25) is 0 Å². The van der Waals surface area contributed by atoms with E-state index in [1.165, 1.54) is 5.56 Å². The molecule has 0 fully saturated rings. The van der Waals surface area contributed by atoms with Crippen LogP contribution in [-0.4, -0.2) is 5.78 Å². The fourth-order valence-corrected chi connectivity index (χ4v) is 1.76. The lowest BCUT2D eigenvalue weighted by molar-refractivity contribution is 0.0962. The van der Waals surface area contributed by atoms with E-state index in [-0.39, 0.29) is 5.78 Å². The number of hydrogen-bond donors (Lipinski definition) is 0. The number of carbonyl (C=O) groups excluding carboxylic acids is 1. The van der Waals surface area contributed by atoms with E-state index < -0.39 is 0 Å². The highest BCUT2D eigenvalue weighted by atomic mass is 16.3. The maximum absolute atomic E-state index is 11.5. The van der Waals surface area contributed by atoms with Crippen molar-refractivity contribution in [2.75, 3.05) is 0 Å². The lowest BCUT2D eigenvalue weighted by Gasteiger charge is -2.00. The highest BCUT2D eigenvalue weighted by Crippen LogP contribution is 2.23. The van der Waals surface area contributed by atoms with Crippen LogP contribution in [0.25, 0.3) is 11.3 Å². The number of carbonyl (C=O) groups is 1. The Bertz CT molecular complexity index is 523. The molecule has 0 aliphatic carbocycles. The molecule has 2 nitrogen and oxygen atoms in total. The van der Waals surface area contributed by atoms with Gasteiger partial charge in [0, 0.05) is 12.0 Å². The van der Waals surface area contributed by atoms with Crippen LogP contribution in [0.4, 0.5) is 0 Å². The van der Waals surface area contributed by atoms with Crippen LogP contribution >= 0.6 is 0 Å². The van der Waals surface area contributed by atoms with E-state index in [9.17, 15) is 4.79 Å². The fraction of sp³-hybridized carbons (Fsp3) is 0.267. The molecule has 0 bridgehead atoms. The normalized spacial score (nSPS) is 10.5. The van der Waals surface area contributed by atoms with Crippen molar-refractivity contribution in [3.63, 3.8) is 0 Å². The van der Waals surface area contributed by atoms with Crippen molar-refractivity contribution >= 4 is 5.78 Å². The molecule has 1 aromatic carbocycles.